The Hall–Kier alpha value is -3.26. The normalized spacial score (nSPS) is 14.3. The molecule has 234 valence electrons. The number of nitrogens with one attached hydrogen (secondary N) is 1. The van der Waals surface area contributed by atoms with Gasteiger partial charge in [-0.3, -0.25) is 14.4 Å². The second-order valence-electron chi connectivity index (χ2n) is 10.9. The summed E-state index contributed by atoms with van der Waals surface area (Å²) >= 11 is 0. The number of ketones is 1. The van der Waals surface area contributed by atoms with Crippen LogP contribution in [0.3, 0.4) is 0 Å². The highest BCUT2D eigenvalue weighted by Gasteiger charge is 2.30. The topological polar surface area (TPSA) is 154 Å². The molecule has 3 rings (SSSR count). The molecule has 0 aliphatic carbocycles. The zero-order valence-electron chi connectivity index (χ0n) is 24.5. The van der Waals surface area contributed by atoms with Gasteiger partial charge in [0.15, 0.2) is 5.78 Å². The molecule has 2 aromatic rings. The van der Waals surface area contributed by atoms with Crippen LogP contribution in [0.2, 0.25) is 6.82 Å². The lowest BCUT2D eigenvalue weighted by Gasteiger charge is -2.23. The van der Waals surface area contributed by atoms with E-state index < -0.39 is 29.7 Å². The number of hydrogen-bond donors (Lipinski definition) is 4. The van der Waals surface area contributed by atoms with Crippen LogP contribution < -0.4 is 28.0 Å². The van der Waals surface area contributed by atoms with Crippen LogP contribution in [-0.2, 0) is 44.7 Å². The Morgan fingerprint density at radius 3 is 2.26 bits per heavy atom. The minimum atomic E-state index is -4.45. The predicted molar refractivity (Wildman–Crippen MR) is 159 cm³/mol. The average molecular weight is 603 g/mol. The number of hydrogen-bond acceptors (Lipinski definition) is 7. The fourth-order valence-corrected chi connectivity index (χ4v) is 5.06. The minimum absolute atomic E-state index is 0.0131. The first-order valence-electron chi connectivity index (χ1n) is 14.6. The second kappa shape index (κ2) is 16.0. The Morgan fingerprint density at radius 2 is 1.63 bits per heavy atom. The average Bonchev–Trinajstić information content (AvgIpc) is 3.35. The highest BCUT2D eigenvalue weighted by Crippen LogP contribution is 2.29. The third-order valence-electron chi connectivity index (χ3n) is 7.66. The monoisotopic (exact) mass is 603 g/mol. The number of nitrogens with zero attached hydrogens (tertiary/aromatic N) is 1. The van der Waals surface area contributed by atoms with Crippen molar-refractivity contribution < 1.29 is 32.2 Å². The van der Waals surface area contributed by atoms with Crippen molar-refractivity contribution in [2.45, 2.75) is 70.2 Å². The molecule has 7 N–H and O–H groups in total. The van der Waals surface area contributed by atoms with Gasteiger partial charge in [0.25, 0.3) is 0 Å². The molecule has 1 aliphatic heterocycles. The molecule has 0 spiro atoms. The zero-order chi connectivity index (χ0) is 31.6. The van der Waals surface area contributed by atoms with Crippen LogP contribution in [0.25, 0.3) is 0 Å². The highest BCUT2D eigenvalue weighted by molar-refractivity contribution is 6.67. The molecule has 0 aromatic heterocycles. The van der Waals surface area contributed by atoms with Gasteiger partial charge in [0.1, 0.15) is 0 Å². The summed E-state index contributed by atoms with van der Waals surface area (Å²) in [6.45, 7) is 3.74. The lowest BCUT2D eigenvalue weighted by atomic mass is 9.64. The van der Waals surface area contributed by atoms with Crippen LogP contribution in [0.1, 0.15) is 47.9 Å². The maximum atomic E-state index is 13.4. The molecule has 43 heavy (non-hydrogen) atoms. The number of alkyl halides is 3. The summed E-state index contributed by atoms with van der Waals surface area (Å²) in [5.74, 6) is -1.01. The maximum absolute atomic E-state index is 13.4. The van der Waals surface area contributed by atoms with Gasteiger partial charge in [0, 0.05) is 39.0 Å². The van der Waals surface area contributed by atoms with Gasteiger partial charge in [0.05, 0.1) is 24.3 Å². The molecule has 2 amide bonds. The lowest BCUT2D eigenvalue weighted by Crippen LogP contribution is -2.49. The van der Waals surface area contributed by atoms with E-state index in [1.54, 1.807) is 0 Å². The molecule has 0 unspecified atom stereocenters. The highest BCUT2D eigenvalue weighted by atomic mass is 19.4. The predicted octanol–water partition coefficient (Wildman–Crippen LogP) is 1.54. The number of carbonyl (C=O) groups excluding carboxylic acids is 3. The second-order valence-corrected chi connectivity index (χ2v) is 10.9. The number of benzene rings is 2. The van der Waals surface area contributed by atoms with Gasteiger partial charge in [-0.1, -0.05) is 37.2 Å². The zero-order valence-corrected chi connectivity index (χ0v) is 24.5. The number of Topliss-reactive ketones (excluding diaryl/α,β-unsaturated/α-hetero) is 1. The van der Waals surface area contributed by atoms with Crippen molar-refractivity contribution in [2.75, 3.05) is 26.2 Å². The van der Waals surface area contributed by atoms with E-state index in [4.69, 9.17) is 21.9 Å². The summed E-state index contributed by atoms with van der Waals surface area (Å²) in [6, 6.07) is 8.75. The van der Waals surface area contributed by atoms with Crippen molar-refractivity contribution in [1.29, 1.82) is 0 Å². The van der Waals surface area contributed by atoms with E-state index in [0.29, 0.717) is 31.7 Å². The van der Waals surface area contributed by atoms with E-state index in [-0.39, 0.29) is 63.8 Å². The molecule has 0 saturated carbocycles. The Kier molecular flexibility index (Phi) is 12.7. The molecule has 2 atom stereocenters. The minimum Gasteiger partial charge on any atom is -0.427 e. The van der Waals surface area contributed by atoms with Crippen molar-refractivity contribution in [3.05, 3.63) is 64.7 Å². The van der Waals surface area contributed by atoms with Crippen LogP contribution in [0.15, 0.2) is 42.5 Å². The summed E-state index contributed by atoms with van der Waals surface area (Å²) in [5.41, 5.74) is 20.2. The van der Waals surface area contributed by atoms with E-state index in [9.17, 15) is 27.6 Å². The third kappa shape index (κ3) is 10.2. The van der Waals surface area contributed by atoms with Crippen LogP contribution >= 0.6 is 0 Å². The van der Waals surface area contributed by atoms with Crippen LogP contribution in [0, 0.1) is 0 Å². The van der Waals surface area contributed by atoms with E-state index in [0.717, 1.165) is 28.7 Å². The van der Waals surface area contributed by atoms with E-state index in [2.05, 4.69) is 5.32 Å². The van der Waals surface area contributed by atoms with Gasteiger partial charge in [-0.2, -0.15) is 13.2 Å². The summed E-state index contributed by atoms with van der Waals surface area (Å²) in [4.78, 5) is 40.4. The SMILES string of the molecule is CB1OCc2ccc(CCC(=O)[C@@H](CCc3ccc(C(F)(F)F)cc3)NC(=O)[C@@H](N)CCC(=O)N(CCN)CCN)cc21. The Morgan fingerprint density at radius 1 is 0.977 bits per heavy atom. The van der Waals surface area contributed by atoms with Gasteiger partial charge in [-0.05, 0) is 60.0 Å². The molecule has 2 aromatic carbocycles. The van der Waals surface area contributed by atoms with Crippen LogP contribution in [0.5, 0.6) is 0 Å². The van der Waals surface area contributed by atoms with Crippen LogP contribution in [0.4, 0.5) is 13.2 Å². The number of halogens is 3. The number of aryl methyl sites for hydroxylation is 2. The summed E-state index contributed by atoms with van der Waals surface area (Å²) in [6.07, 6.45) is -3.34. The first-order valence-corrected chi connectivity index (χ1v) is 14.6. The molecule has 1 heterocycles. The number of nitrogens with two attached hydrogens (primary N) is 3. The Labute approximate surface area is 250 Å². The fourth-order valence-electron chi connectivity index (χ4n) is 5.06. The third-order valence-corrected chi connectivity index (χ3v) is 7.66. The molecular formula is C30H41BF3N5O4. The van der Waals surface area contributed by atoms with Gasteiger partial charge < -0.3 is 32.1 Å². The lowest BCUT2D eigenvalue weighted by molar-refractivity contribution is -0.137. The largest absolute Gasteiger partial charge is 0.427 e. The number of fused-ring (bicyclic) bond motifs is 1. The first-order chi connectivity index (χ1) is 20.4. The molecule has 0 saturated heterocycles. The molecule has 9 nitrogen and oxygen atoms in total. The molecule has 0 bridgehead atoms. The fraction of sp³-hybridized carbons (Fsp3) is 0.500. The van der Waals surface area contributed by atoms with Crippen molar-refractivity contribution in [3.8, 4) is 0 Å². The van der Waals surface area contributed by atoms with Crippen molar-refractivity contribution in [3.63, 3.8) is 0 Å². The van der Waals surface area contributed by atoms with Crippen molar-refractivity contribution in [2.24, 2.45) is 17.2 Å². The van der Waals surface area contributed by atoms with Gasteiger partial charge in [-0.25, -0.2) is 0 Å². The van der Waals surface area contributed by atoms with E-state index in [1.165, 1.54) is 17.0 Å². The van der Waals surface area contributed by atoms with Crippen LogP contribution in [-0.4, -0.2) is 67.7 Å². The van der Waals surface area contributed by atoms with E-state index >= 15 is 0 Å². The standard InChI is InChI=1S/C30H41BF3N5O4/c1-31-24-18-21(2-7-22(24)19-43-31)6-12-27(40)26(11-5-20-3-8-23(9-4-20)30(32,33)34)38-29(42)25(37)10-13-28(41)39(16-14-35)17-15-36/h2-4,7-9,18,25-26H,5-6,10-17,19,35-37H2,1H3,(H,38,42)/t25-,26+/m0/s1. The van der Waals surface area contributed by atoms with Gasteiger partial charge in [-0.15, -0.1) is 0 Å². The maximum Gasteiger partial charge on any atom is 0.416 e. The number of amides is 2. The quantitative estimate of drug-likeness (QED) is 0.212. The molecule has 1 aliphatic rings. The summed E-state index contributed by atoms with van der Waals surface area (Å²) in [7, 11) is 0. The smallest absolute Gasteiger partial charge is 0.416 e. The summed E-state index contributed by atoms with van der Waals surface area (Å²) < 4.78 is 44.6. The molecule has 0 radical (unpaired) electrons. The van der Waals surface area contributed by atoms with Crippen molar-refractivity contribution >= 4 is 30.0 Å². The number of carbonyl (C=O) groups is 3. The van der Waals surface area contributed by atoms with Crippen molar-refractivity contribution in [1.82, 2.24) is 10.2 Å². The summed E-state index contributed by atoms with van der Waals surface area (Å²) in [5, 5.41) is 2.73. The van der Waals surface area contributed by atoms with Gasteiger partial charge in [0.2, 0.25) is 11.8 Å². The molecular weight excluding hydrogens is 562 g/mol. The molecule has 13 heteroatoms. The Balaban J connectivity index is 1.65. The first kappa shape index (κ1) is 34.2. The van der Waals surface area contributed by atoms with Gasteiger partial charge >= 0.3 is 13.1 Å². The van der Waals surface area contributed by atoms with E-state index in [1.807, 2.05) is 25.0 Å². The molecule has 0 fully saturated rings. The Bertz CT molecular complexity index is 1240. The number of rotatable bonds is 16.